The second-order valence-corrected chi connectivity index (χ2v) is 9.59. The Morgan fingerprint density at radius 3 is 2.61 bits per heavy atom. The lowest BCUT2D eigenvalue weighted by Gasteiger charge is -2.42. The molecule has 7 nitrogen and oxygen atoms in total. The molecule has 31 heavy (non-hydrogen) atoms. The van der Waals surface area contributed by atoms with Gasteiger partial charge in [0.25, 0.3) is 0 Å². The van der Waals surface area contributed by atoms with Gasteiger partial charge >= 0.3 is 0 Å². The van der Waals surface area contributed by atoms with Gasteiger partial charge in [-0.2, -0.15) is 5.10 Å². The van der Waals surface area contributed by atoms with Gasteiger partial charge in [0, 0.05) is 62.5 Å². The van der Waals surface area contributed by atoms with Crippen molar-refractivity contribution in [3.05, 3.63) is 42.3 Å². The zero-order valence-electron chi connectivity index (χ0n) is 17.8. The number of hydrogen-bond acceptors (Lipinski definition) is 7. The molecule has 4 aromatic rings. The molecule has 0 amide bonds. The third kappa shape index (κ3) is 3.48. The molecule has 0 aromatic carbocycles. The van der Waals surface area contributed by atoms with E-state index < -0.39 is 0 Å². The summed E-state index contributed by atoms with van der Waals surface area (Å²) in [5.41, 5.74) is 4.27. The van der Waals surface area contributed by atoms with E-state index in [0.717, 1.165) is 46.4 Å². The van der Waals surface area contributed by atoms with Crippen LogP contribution in [0.3, 0.4) is 0 Å². The monoisotopic (exact) mass is 433 g/mol. The predicted molar refractivity (Wildman–Crippen MR) is 126 cm³/mol. The second kappa shape index (κ2) is 7.85. The van der Waals surface area contributed by atoms with E-state index in [4.69, 9.17) is 4.98 Å². The number of hydrogen-bond donors (Lipinski definition) is 0. The molecule has 2 saturated heterocycles. The molecular formula is C23H27N7S. The molecule has 2 aliphatic rings. The Bertz CT molecular complexity index is 1200. The number of fused-ring (bicyclic) bond motifs is 2. The first-order valence-corrected chi connectivity index (χ1v) is 12.0. The molecule has 2 aliphatic heterocycles. The molecule has 0 atom stereocenters. The molecule has 0 bridgehead atoms. The summed E-state index contributed by atoms with van der Waals surface area (Å²) in [7, 11) is 2.22. The second-order valence-electron chi connectivity index (χ2n) is 8.69. The minimum absolute atomic E-state index is 0.720. The number of rotatable bonds is 3. The fourth-order valence-corrected chi connectivity index (χ4v) is 5.76. The highest BCUT2D eigenvalue weighted by Gasteiger charge is 2.27. The van der Waals surface area contributed by atoms with E-state index in [2.05, 4.69) is 55.5 Å². The molecule has 0 aliphatic carbocycles. The fraction of sp³-hybridized carbons (Fsp3) is 0.435. The molecule has 2 fully saturated rings. The van der Waals surface area contributed by atoms with Crippen LogP contribution in [0.1, 0.15) is 12.8 Å². The van der Waals surface area contributed by atoms with Gasteiger partial charge in [-0.15, -0.1) is 11.3 Å². The lowest BCUT2D eigenvalue weighted by Crippen LogP contribution is -2.52. The average molecular weight is 434 g/mol. The van der Waals surface area contributed by atoms with Crippen LogP contribution in [-0.4, -0.2) is 81.7 Å². The van der Waals surface area contributed by atoms with Crippen LogP contribution in [0.15, 0.2) is 42.3 Å². The lowest BCUT2D eigenvalue weighted by molar-refractivity contribution is 0.0982. The van der Waals surface area contributed by atoms with Crippen LogP contribution < -0.4 is 4.90 Å². The minimum atomic E-state index is 0.720. The predicted octanol–water partition coefficient (Wildman–Crippen LogP) is 3.22. The molecule has 6 heterocycles. The highest BCUT2D eigenvalue weighted by atomic mass is 32.1. The van der Waals surface area contributed by atoms with E-state index in [1.807, 2.05) is 23.1 Å². The molecule has 0 N–H and O–H groups in total. The summed E-state index contributed by atoms with van der Waals surface area (Å²) in [6.07, 6.45) is 10.4. The number of aromatic nitrogens is 4. The Labute approximate surface area is 185 Å². The first-order valence-electron chi connectivity index (χ1n) is 11.1. The summed E-state index contributed by atoms with van der Waals surface area (Å²) in [6, 6.07) is 4.91. The Morgan fingerprint density at radius 1 is 0.935 bits per heavy atom. The van der Waals surface area contributed by atoms with Gasteiger partial charge in [0.2, 0.25) is 0 Å². The minimum Gasteiger partial charge on any atom is -0.369 e. The number of thiophene rings is 1. The van der Waals surface area contributed by atoms with Crippen molar-refractivity contribution in [3.63, 3.8) is 0 Å². The van der Waals surface area contributed by atoms with Crippen molar-refractivity contribution in [2.24, 2.45) is 0 Å². The summed E-state index contributed by atoms with van der Waals surface area (Å²) in [5.74, 6) is 0. The van der Waals surface area contributed by atoms with E-state index in [1.54, 1.807) is 11.3 Å². The van der Waals surface area contributed by atoms with Crippen LogP contribution in [0.2, 0.25) is 0 Å². The molecular weight excluding hydrogens is 406 g/mol. The lowest BCUT2D eigenvalue weighted by atomic mass is 10.0. The zero-order chi connectivity index (χ0) is 20.8. The van der Waals surface area contributed by atoms with Crippen molar-refractivity contribution in [1.29, 1.82) is 0 Å². The van der Waals surface area contributed by atoms with E-state index in [9.17, 15) is 0 Å². The molecule has 4 aromatic heterocycles. The molecule has 160 valence electrons. The quantitative estimate of drug-likeness (QED) is 0.495. The third-order valence-electron chi connectivity index (χ3n) is 6.88. The Balaban J connectivity index is 1.21. The Kier molecular flexibility index (Phi) is 4.85. The topological polar surface area (TPSA) is 52.8 Å². The number of piperidine rings is 1. The number of anilines is 1. The first-order chi connectivity index (χ1) is 15.3. The van der Waals surface area contributed by atoms with Gasteiger partial charge in [0.05, 0.1) is 24.3 Å². The molecule has 0 radical (unpaired) electrons. The highest BCUT2D eigenvalue weighted by molar-refractivity contribution is 7.16. The summed E-state index contributed by atoms with van der Waals surface area (Å²) < 4.78 is 1.93. The maximum absolute atomic E-state index is 4.83. The fourth-order valence-electron chi connectivity index (χ4n) is 5.00. The molecule has 6 rings (SSSR count). The van der Waals surface area contributed by atoms with Gasteiger partial charge in [0.15, 0.2) is 5.65 Å². The average Bonchev–Trinajstić information content (AvgIpc) is 3.46. The van der Waals surface area contributed by atoms with E-state index in [0.29, 0.717) is 0 Å². The molecule has 0 saturated carbocycles. The van der Waals surface area contributed by atoms with Crippen molar-refractivity contribution >= 4 is 32.9 Å². The van der Waals surface area contributed by atoms with Gasteiger partial charge in [-0.3, -0.25) is 4.90 Å². The summed E-state index contributed by atoms with van der Waals surface area (Å²) in [6.45, 7) is 6.96. The Hall–Kier alpha value is -2.55. The SMILES string of the molecule is CN1CCN(C2CCN(c3cnc4c(-c5ccnc6sccc56)cnn4c3)CC2)CC1. The van der Waals surface area contributed by atoms with Crippen LogP contribution >= 0.6 is 11.3 Å². The van der Waals surface area contributed by atoms with Gasteiger partial charge in [-0.05, 0) is 43.0 Å². The standard InChI is InChI=1S/C23H27N7S/c1-27-9-11-29(12-10-27)17-3-7-28(8-4-17)18-14-25-22-21(15-26-30(22)16-18)19-2-6-24-23-20(19)5-13-31-23/h2,5-6,13-17H,3-4,7-12H2,1H3. The third-order valence-corrected chi connectivity index (χ3v) is 7.71. The smallest absolute Gasteiger partial charge is 0.162 e. The molecule has 8 heteroatoms. The largest absolute Gasteiger partial charge is 0.369 e. The van der Waals surface area contributed by atoms with Crippen LogP contribution in [0.4, 0.5) is 5.69 Å². The van der Waals surface area contributed by atoms with E-state index in [-0.39, 0.29) is 0 Å². The maximum atomic E-state index is 4.83. The summed E-state index contributed by atoms with van der Waals surface area (Å²) >= 11 is 1.66. The van der Waals surface area contributed by atoms with Gasteiger partial charge < -0.3 is 9.80 Å². The summed E-state index contributed by atoms with van der Waals surface area (Å²) in [5, 5.41) is 7.89. The highest BCUT2D eigenvalue weighted by Crippen LogP contribution is 2.33. The number of likely N-dealkylation sites (N-methyl/N-ethyl adjacent to an activating group) is 1. The first kappa shape index (κ1) is 19.2. The van der Waals surface area contributed by atoms with Gasteiger partial charge in [0.1, 0.15) is 4.83 Å². The van der Waals surface area contributed by atoms with Crippen LogP contribution in [-0.2, 0) is 0 Å². The zero-order valence-corrected chi connectivity index (χ0v) is 18.6. The van der Waals surface area contributed by atoms with Crippen molar-refractivity contribution in [2.45, 2.75) is 18.9 Å². The van der Waals surface area contributed by atoms with Crippen molar-refractivity contribution < 1.29 is 0 Å². The van der Waals surface area contributed by atoms with E-state index >= 15 is 0 Å². The van der Waals surface area contributed by atoms with Gasteiger partial charge in [-0.25, -0.2) is 14.5 Å². The molecule has 0 spiro atoms. The number of pyridine rings is 1. The van der Waals surface area contributed by atoms with Crippen LogP contribution in [0.25, 0.3) is 27.0 Å². The normalized spacial score (nSPS) is 19.6. The van der Waals surface area contributed by atoms with Crippen molar-refractivity contribution in [1.82, 2.24) is 29.4 Å². The van der Waals surface area contributed by atoms with Crippen molar-refractivity contribution in [3.8, 4) is 11.1 Å². The number of piperazine rings is 1. The van der Waals surface area contributed by atoms with Crippen LogP contribution in [0.5, 0.6) is 0 Å². The Morgan fingerprint density at radius 2 is 1.77 bits per heavy atom. The van der Waals surface area contributed by atoms with E-state index in [1.165, 1.54) is 44.4 Å². The van der Waals surface area contributed by atoms with Crippen LogP contribution in [0, 0.1) is 0 Å². The number of nitrogens with zero attached hydrogens (tertiary/aromatic N) is 7. The summed E-state index contributed by atoms with van der Waals surface area (Å²) in [4.78, 5) is 17.9. The maximum Gasteiger partial charge on any atom is 0.162 e. The molecule has 0 unspecified atom stereocenters. The van der Waals surface area contributed by atoms with Crippen molar-refractivity contribution in [2.75, 3.05) is 51.2 Å². The van der Waals surface area contributed by atoms with Gasteiger partial charge in [-0.1, -0.05) is 0 Å².